The molecule has 45 heavy (non-hydrogen) atoms. The summed E-state index contributed by atoms with van der Waals surface area (Å²) in [6.45, 7) is -3.13. The molecule has 1 heterocycles. The first-order valence-corrected chi connectivity index (χ1v) is 15.5. The molecule has 0 aliphatic rings. The molecular weight excluding hydrogens is 626 g/mol. The van der Waals surface area contributed by atoms with Crippen molar-refractivity contribution >= 4 is 44.1 Å². The Kier molecular flexibility index (Phi) is 9.66. The molecule has 5 rings (SSSR count). The van der Waals surface area contributed by atoms with Crippen LogP contribution in [0.2, 0.25) is 5.02 Å². The zero-order valence-corrected chi connectivity index (χ0v) is 25.9. The van der Waals surface area contributed by atoms with E-state index in [9.17, 15) is 22.0 Å². The summed E-state index contributed by atoms with van der Waals surface area (Å²) in [6.07, 6.45) is 0.956. The normalized spacial score (nSPS) is 11.7. The first-order chi connectivity index (χ1) is 21.6. The number of benzene rings is 4. The van der Waals surface area contributed by atoms with Gasteiger partial charge in [0.25, 0.3) is 0 Å². The van der Waals surface area contributed by atoms with Gasteiger partial charge in [-0.15, -0.1) is 0 Å². The van der Waals surface area contributed by atoms with Gasteiger partial charge in [0.2, 0.25) is 15.9 Å². The van der Waals surface area contributed by atoms with Crippen molar-refractivity contribution in [3.05, 3.63) is 113 Å². The summed E-state index contributed by atoms with van der Waals surface area (Å²) in [6, 6.07) is 23.3. The number of aromatic nitrogens is 2. The summed E-state index contributed by atoms with van der Waals surface area (Å²) in [4.78, 5) is 12.6. The number of hydrogen-bond donors (Lipinski definition) is 1. The van der Waals surface area contributed by atoms with Crippen LogP contribution in [-0.2, 0) is 34.3 Å². The molecule has 4 aromatic carbocycles. The van der Waals surface area contributed by atoms with Crippen molar-refractivity contribution < 1.29 is 31.5 Å². The monoisotopic (exact) mass is 654 g/mol. The van der Waals surface area contributed by atoms with E-state index in [-0.39, 0.29) is 41.0 Å². The quantitative estimate of drug-likeness (QED) is 0.161. The van der Waals surface area contributed by atoms with Crippen molar-refractivity contribution in [2.75, 3.05) is 19.5 Å². The zero-order valence-electron chi connectivity index (χ0n) is 24.3. The largest absolute Gasteiger partial charge is 0.497 e. The van der Waals surface area contributed by atoms with Crippen LogP contribution in [0.3, 0.4) is 0 Å². The van der Waals surface area contributed by atoms with E-state index in [1.165, 1.54) is 30.7 Å². The Hall–Kier alpha value is -4.52. The number of hydrogen-bond acceptors (Lipinski definition) is 6. The molecule has 0 saturated carbocycles. The highest BCUT2D eigenvalue weighted by Crippen LogP contribution is 2.32. The molecule has 1 amide bonds. The average Bonchev–Trinajstić information content (AvgIpc) is 3.47. The Bertz CT molecular complexity index is 1870. The Morgan fingerprint density at radius 2 is 1.51 bits per heavy atom. The van der Waals surface area contributed by atoms with E-state index >= 15 is 0 Å². The number of ether oxygens (including phenoxy) is 2. The summed E-state index contributed by atoms with van der Waals surface area (Å²) in [5, 5.41) is 7.12. The minimum atomic E-state index is -4.41. The highest BCUT2D eigenvalue weighted by molar-refractivity contribution is 7.89. The smallest absolute Gasteiger partial charge is 0.333 e. The number of alkyl halides is 2. The number of anilines is 1. The molecule has 13 heteroatoms. The average molecular weight is 655 g/mol. The predicted octanol–water partition coefficient (Wildman–Crippen LogP) is 6.67. The third-order valence-electron chi connectivity index (χ3n) is 7.04. The number of carbonyl (C=O) groups is 1. The number of methoxy groups -OCH3 is 2. The molecule has 5 aromatic rings. The molecular formula is C32H29ClF2N4O5S. The van der Waals surface area contributed by atoms with Crippen molar-refractivity contribution in [2.24, 2.45) is 0 Å². The lowest BCUT2D eigenvalue weighted by Gasteiger charge is -2.23. The van der Waals surface area contributed by atoms with Crippen molar-refractivity contribution in [1.29, 1.82) is 0 Å². The first-order valence-electron chi connectivity index (χ1n) is 13.7. The van der Waals surface area contributed by atoms with E-state index in [0.717, 1.165) is 6.20 Å². The Balaban J connectivity index is 1.57. The predicted molar refractivity (Wildman–Crippen MR) is 167 cm³/mol. The molecule has 0 spiro atoms. The number of nitrogens with one attached hydrogen (secondary N) is 1. The number of carbonyl (C=O) groups excluding carboxylic acids is 1. The van der Waals surface area contributed by atoms with E-state index in [4.69, 9.17) is 21.1 Å². The van der Waals surface area contributed by atoms with Gasteiger partial charge in [0, 0.05) is 35.4 Å². The van der Waals surface area contributed by atoms with Crippen molar-refractivity contribution in [3.63, 3.8) is 0 Å². The number of halogens is 3. The minimum absolute atomic E-state index is 0.0570. The molecule has 0 unspecified atom stereocenters. The maximum Gasteiger partial charge on any atom is 0.333 e. The second-order valence-electron chi connectivity index (χ2n) is 10.1. The van der Waals surface area contributed by atoms with Crippen molar-refractivity contribution in [2.45, 2.75) is 31.0 Å². The summed E-state index contributed by atoms with van der Waals surface area (Å²) < 4.78 is 68.4. The van der Waals surface area contributed by atoms with Gasteiger partial charge >= 0.3 is 6.55 Å². The Labute approximate surface area is 264 Å². The van der Waals surface area contributed by atoms with Crippen molar-refractivity contribution in [3.8, 4) is 11.5 Å². The van der Waals surface area contributed by atoms with Crippen LogP contribution in [0.25, 0.3) is 10.9 Å². The van der Waals surface area contributed by atoms with Gasteiger partial charge in [0.05, 0.1) is 20.6 Å². The lowest BCUT2D eigenvalue weighted by molar-refractivity contribution is -0.115. The molecule has 0 saturated heterocycles. The number of fused-ring (bicyclic) bond motifs is 1. The van der Waals surface area contributed by atoms with E-state index in [2.05, 4.69) is 10.4 Å². The molecule has 0 aliphatic carbocycles. The molecule has 0 radical (unpaired) electrons. The van der Waals surface area contributed by atoms with Crippen LogP contribution in [0.1, 0.15) is 23.2 Å². The van der Waals surface area contributed by atoms with E-state index in [1.807, 2.05) is 0 Å². The summed E-state index contributed by atoms with van der Waals surface area (Å²) in [5.74, 6) is 0.728. The maximum atomic E-state index is 14.5. The van der Waals surface area contributed by atoms with Crippen LogP contribution >= 0.6 is 11.6 Å². The maximum absolute atomic E-state index is 14.5. The molecule has 0 atom stereocenters. The lowest BCUT2D eigenvalue weighted by Crippen LogP contribution is -2.30. The van der Waals surface area contributed by atoms with E-state index < -0.39 is 22.5 Å². The van der Waals surface area contributed by atoms with Gasteiger partial charge in [-0.2, -0.15) is 18.2 Å². The number of nitrogens with zero attached hydrogens (tertiary/aromatic N) is 3. The van der Waals surface area contributed by atoms with Gasteiger partial charge in [-0.25, -0.2) is 13.1 Å². The van der Waals surface area contributed by atoms with Crippen LogP contribution in [0.4, 0.5) is 14.5 Å². The molecule has 234 valence electrons. The molecule has 0 bridgehead atoms. The molecule has 1 aromatic heterocycles. The molecule has 0 fully saturated rings. The number of amides is 1. The highest BCUT2D eigenvalue weighted by Gasteiger charge is 2.30. The minimum Gasteiger partial charge on any atom is -0.497 e. The van der Waals surface area contributed by atoms with Gasteiger partial charge in [0.1, 0.15) is 21.9 Å². The standard InChI is InChI=1S/C32H29ClF2N4O5S/c1-43-26-11-7-21(8-12-26)18-38(19-22-9-13-27(44-2)14-10-22)45(41,42)29-17-25(15-24-20-39(32(34)35)37-31(24)29)36-30(40)16-23-5-3-4-6-28(23)33/h3-15,17,20,32H,16,18-19H2,1-2H3,(H,36,40). The molecule has 9 nitrogen and oxygen atoms in total. The fourth-order valence-electron chi connectivity index (χ4n) is 4.74. The zero-order chi connectivity index (χ0) is 32.1. The van der Waals surface area contributed by atoms with Crippen LogP contribution < -0.4 is 14.8 Å². The number of rotatable bonds is 12. The number of sulfonamides is 1. The summed E-state index contributed by atoms with van der Waals surface area (Å²) >= 11 is 6.21. The van der Waals surface area contributed by atoms with Crippen LogP contribution in [0, 0.1) is 0 Å². The lowest BCUT2D eigenvalue weighted by atomic mass is 10.1. The first kappa shape index (κ1) is 31.9. The van der Waals surface area contributed by atoms with Crippen molar-refractivity contribution in [1.82, 2.24) is 14.1 Å². The third-order valence-corrected chi connectivity index (χ3v) is 9.21. The molecule has 1 N–H and O–H groups in total. The topological polar surface area (TPSA) is 103 Å². The third kappa shape index (κ3) is 7.42. The fraction of sp³-hybridized carbons (Fsp3) is 0.188. The van der Waals surface area contributed by atoms with Crippen LogP contribution in [-0.4, -0.2) is 42.6 Å². The fourth-order valence-corrected chi connectivity index (χ4v) is 6.54. The van der Waals surface area contributed by atoms with E-state index in [0.29, 0.717) is 37.9 Å². The molecule has 0 aliphatic heterocycles. The van der Waals surface area contributed by atoms with E-state index in [1.54, 1.807) is 72.8 Å². The van der Waals surface area contributed by atoms with Gasteiger partial charge in [0.15, 0.2) is 0 Å². The second kappa shape index (κ2) is 13.6. The van der Waals surface area contributed by atoms with Crippen LogP contribution in [0.15, 0.2) is 96.0 Å². The van der Waals surface area contributed by atoms with Crippen LogP contribution in [0.5, 0.6) is 11.5 Å². The second-order valence-corrected chi connectivity index (χ2v) is 12.4. The highest BCUT2D eigenvalue weighted by atomic mass is 35.5. The SMILES string of the molecule is COc1ccc(CN(Cc2ccc(OC)cc2)S(=O)(=O)c2cc(NC(=O)Cc3ccccc3Cl)cc3cn(C(F)F)nc23)cc1. The van der Waals surface area contributed by atoms with Gasteiger partial charge in [-0.1, -0.05) is 54.1 Å². The van der Waals surface area contributed by atoms with Gasteiger partial charge in [-0.3, -0.25) is 4.79 Å². The summed E-state index contributed by atoms with van der Waals surface area (Å²) in [7, 11) is -1.36. The van der Waals surface area contributed by atoms with Gasteiger partial charge in [-0.05, 0) is 59.2 Å². The summed E-state index contributed by atoms with van der Waals surface area (Å²) in [5.41, 5.74) is 1.83. The van der Waals surface area contributed by atoms with Gasteiger partial charge < -0.3 is 14.8 Å². The Morgan fingerprint density at radius 3 is 2.04 bits per heavy atom. The Morgan fingerprint density at radius 1 is 0.933 bits per heavy atom.